The molecule has 1 aliphatic rings. The van der Waals surface area contributed by atoms with Crippen LogP contribution in [0.3, 0.4) is 0 Å². The Morgan fingerprint density at radius 2 is 2.00 bits per heavy atom. The van der Waals surface area contributed by atoms with E-state index in [9.17, 15) is 4.79 Å². The number of anilines is 3. The largest absolute Gasteiger partial charge is 0.397 e. The van der Waals surface area contributed by atoms with E-state index in [4.69, 9.17) is 5.73 Å². The average molecular weight is 323 g/mol. The highest BCUT2D eigenvalue weighted by molar-refractivity contribution is 6.06. The van der Waals surface area contributed by atoms with Crippen LogP contribution in [-0.2, 0) is 0 Å². The third-order valence-electron chi connectivity index (χ3n) is 4.65. The lowest BCUT2D eigenvalue weighted by molar-refractivity contribution is 0.102. The number of nitrogen functional groups attached to an aromatic ring is 1. The van der Waals surface area contributed by atoms with E-state index in [0.29, 0.717) is 22.9 Å². The maximum absolute atomic E-state index is 12.4. The molecule has 24 heavy (non-hydrogen) atoms. The first-order chi connectivity index (χ1) is 11.5. The van der Waals surface area contributed by atoms with Crippen LogP contribution >= 0.6 is 0 Å². The van der Waals surface area contributed by atoms with E-state index in [1.54, 1.807) is 12.1 Å². The van der Waals surface area contributed by atoms with Crippen LogP contribution in [0.4, 0.5) is 17.1 Å². The molecule has 4 nitrogen and oxygen atoms in total. The smallest absolute Gasteiger partial charge is 0.255 e. The van der Waals surface area contributed by atoms with Gasteiger partial charge in [0.25, 0.3) is 5.91 Å². The molecule has 1 aliphatic heterocycles. The predicted molar refractivity (Wildman–Crippen MR) is 101 cm³/mol. The van der Waals surface area contributed by atoms with Crippen molar-refractivity contribution in [3.05, 3.63) is 53.6 Å². The minimum absolute atomic E-state index is 0.135. The van der Waals surface area contributed by atoms with Gasteiger partial charge < -0.3 is 16.0 Å². The molecular weight excluding hydrogens is 298 g/mol. The molecule has 0 aromatic heterocycles. The zero-order valence-electron chi connectivity index (χ0n) is 14.4. The Labute approximate surface area is 143 Å². The van der Waals surface area contributed by atoms with Crippen LogP contribution in [0.25, 0.3) is 0 Å². The lowest BCUT2D eigenvalue weighted by Gasteiger charge is -2.34. The zero-order valence-corrected chi connectivity index (χ0v) is 14.4. The first kappa shape index (κ1) is 16.4. The molecule has 4 heteroatoms. The number of rotatable bonds is 3. The van der Waals surface area contributed by atoms with Gasteiger partial charge in [-0.1, -0.05) is 25.1 Å². The van der Waals surface area contributed by atoms with Crippen molar-refractivity contribution >= 4 is 23.0 Å². The molecule has 126 valence electrons. The molecule has 0 spiro atoms. The average Bonchev–Trinajstić information content (AvgIpc) is 2.58. The second-order valence-corrected chi connectivity index (χ2v) is 6.74. The lowest BCUT2D eigenvalue weighted by atomic mass is 9.98. The number of nitrogens with two attached hydrogens (primary N) is 1. The van der Waals surface area contributed by atoms with Crippen LogP contribution in [0.15, 0.2) is 42.5 Å². The Morgan fingerprint density at radius 1 is 1.25 bits per heavy atom. The summed E-state index contributed by atoms with van der Waals surface area (Å²) in [6.45, 7) is 6.47. The zero-order chi connectivity index (χ0) is 17.1. The van der Waals surface area contributed by atoms with Gasteiger partial charge >= 0.3 is 0 Å². The molecule has 1 atom stereocenters. The van der Waals surface area contributed by atoms with Crippen LogP contribution in [0.1, 0.15) is 35.7 Å². The number of hydrogen-bond acceptors (Lipinski definition) is 3. The van der Waals surface area contributed by atoms with Crippen molar-refractivity contribution in [3.63, 3.8) is 0 Å². The summed E-state index contributed by atoms with van der Waals surface area (Å²) >= 11 is 0. The summed E-state index contributed by atoms with van der Waals surface area (Å²) in [6.07, 6.45) is 2.48. The Bertz CT molecular complexity index is 727. The van der Waals surface area contributed by atoms with Crippen molar-refractivity contribution in [1.29, 1.82) is 0 Å². The number of nitrogens with zero attached hydrogens (tertiary/aromatic N) is 1. The highest BCUT2D eigenvalue weighted by Gasteiger charge is 2.19. The second kappa shape index (κ2) is 6.95. The molecule has 0 saturated carbocycles. The summed E-state index contributed by atoms with van der Waals surface area (Å²) in [6, 6.07) is 13.2. The van der Waals surface area contributed by atoms with Crippen molar-refractivity contribution in [2.45, 2.75) is 26.7 Å². The van der Waals surface area contributed by atoms with Gasteiger partial charge in [0.2, 0.25) is 0 Å². The summed E-state index contributed by atoms with van der Waals surface area (Å²) in [5.74, 6) is 0.558. The third-order valence-corrected chi connectivity index (χ3v) is 4.65. The molecule has 3 N–H and O–H groups in total. The van der Waals surface area contributed by atoms with Crippen molar-refractivity contribution in [2.24, 2.45) is 5.92 Å². The van der Waals surface area contributed by atoms with Gasteiger partial charge in [0, 0.05) is 24.3 Å². The molecule has 2 aromatic carbocycles. The molecular formula is C20H25N3O. The molecule has 0 bridgehead atoms. The van der Waals surface area contributed by atoms with Gasteiger partial charge in [0.15, 0.2) is 0 Å². The summed E-state index contributed by atoms with van der Waals surface area (Å²) in [7, 11) is 0. The Balaban J connectivity index is 1.85. The minimum atomic E-state index is -0.135. The van der Waals surface area contributed by atoms with Gasteiger partial charge in [0.1, 0.15) is 0 Å². The van der Waals surface area contributed by atoms with E-state index in [0.717, 1.165) is 18.7 Å². The van der Waals surface area contributed by atoms with E-state index in [-0.39, 0.29) is 5.91 Å². The van der Waals surface area contributed by atoms with Crippen molar-refractivity contribution in [3.8, 4) is 0 Å². The molecule has 0 aliphatic carbocycles. The quantitative estimate of drug-likeness (QED) is 0.837. The van der Waals surface area contributed by atoms with Crippen molar-refractivity contribution in [2.75, 3.05) is 29.0 Å². The van der Waals surface area contributed by atoms with Gasteiger partial charge in [-0.2, -0.15) is 0 Å². The van der Waals surface area contributed by atoms with Gasteiger partial charge in [-0.3, -0.25) is 4.79 Å². The molecule has 3 rings (SSSR count). The summed E-state index contributed by atoms with van der Waals surface area (Å²) in [5, 5.41) is 2.95. The number of hydrogen-bond donors (Lipinski definition) is 2. The Kier molecular flexibility index (Phi) is 4.74. The number of piperidine rings is 1. The molecule has 0 radical (unpaired) electrons. The molecule has 2 aromatic rings. The predicted octanol–water partition coefficient (Wildman–Crippen LogP) is 4.07. The fraction of sp³-hybridized carbons (Fsp3) is 0.350. The molecule has 1 amide bonds. The van der Waals surface area contributed by atoms with Crippen LogP contribution < -0.4 is 16.0 Å². The SMILES string of the molecule is Cc1cc(N)c(NC(=O)c2ccccc2)cc1N1CCC[C@H](C)C1. The van der Waals surface area contributed by atoms with Crippen molar-refractivity contribution in [1.82, 2.24) is 0 Å². The number of carbonyl (C=O) groups excluding carboxylic acids is 1. The monoisotopic (exact) mass is 323 g/mol. The fourth-order valence-corrected chi connectivity index (χ4v) is 3.36. The molecule has 0 unspecified atom stereocenters. The maximum Gasteiger partial charge on any atom is 0.255 e. The second-order valence-electron chi connectivity index (χ2n) is 6.74. The maximum atomic E-state index is 12.4. The number of benzene rings is 2. The first-order valence-corrected chi connectivity index (χ1v) is 8.56. The van der Waals surface area contributed by atoms with Gasteiger partial charge in [-0.15, -0.1) is 0 Å². The number of aryl methyl sites for hydroxylation is 1. The molecule has 1 saturated heterocycles. The van der Waals surface area contributed by atoms with Crippen LogP contribution in [0.5, 0.6) is 0 Å². The Hall–Kier alpha value is -2.49. The highest BCUT2D eigenvalue weighted by atomic mass is 16.1. The standard InChI is InChI=1S/C20H25N3O/c1-14-7-6-10-23(13-14)19-12-18(17(21)11-15(19)2)22-20(24)16-8-4-3-5-9-16/h3-5,8-9,11-12,14H,6-7,10,13,21H2,1-2H3,(H,22,24)/t14-/m0/s1. The number of nitrogens with one attached hydrogen (secondary N) is 1. The number of amides is 1. The van der Waals surface area contributed by atoms with E-state index >= 15 is 0 Å². The van der Waals surface area contributed by atoms with Crippen LogP contribution in [0, 0.1) is 12.8 Å². The third kappa shape index (κ3) is 3.53. The van der Waals surface area contributed by atoms with Gasteiger partial charge in [0.05, 0.1) is 11.4 Å². The van der Waals surface area contributed by atoms with E-state index in [1.165, 1.54) is 18.5 Å². The van der Waals surface area contributed by atoms with E-state index < -0.39 is 0 Å². The first-order valence-electron chi connectivity index (χ1n) is 8.56. The number of carbonyl (C=O) groups is 1. The van der Waals surface area contributed by atoms with E-state index in [1.807, 2.05) is 30.3 Å². The summed E-state index contributed by atoms with van der Waals surface area (Å²) < 4.78 is 0. The Morgan fingerprint density at radius 3 is 2.71 bits per heavy atom. The van der Waals surface area contributed by atoms with Crippen LogP contribution in [0.2, 0.25) is 0 Å². The van der Waals surface area contributed by atoms with Crippen LogP contribution in [-0.4, -0.2) is 19.0 Å². The summed E-state index contributed by atoms with van der Waals surface area (Å²) in [4.78, 5) is 14.8. The van der Waals surface area contributed by atoms with Gasteiger partial charge in [-0.05, 0) is 55.5 Å². The van der Waals surface area contributed by atoms with Crippen molar-refractivity contribution < 1.29 is 4.79 Å². The van der Waals surface area contributed by atoms with Gasteiger partial charge in [-0.25, -0.2) is 0 Å². The lowest BCUT2D eigenvalue weighted by Crippen LogP contribution is -2.34. The van der Waals surface area contributed by atoms with E-state index in [2.05, 4.69) is 24.1 Å². The normalized spacial score (nSPS) is 17.6. The topological polar surface area (TPSA) is 58.4 Å². The molecule has 1 fully saturated rings. The summed E-state index contributed by atoms with van der Waals surface area (Å²) in [5.41, 5.74) is 10.4. The minimum Gasteiger partial charge on any atom is -0.397 e. The fourth-order valence-electron chi connectivity index (χ4n) is 3.36. The molecule has 1 heterocycles. The highest BCUT2D eigenvalue weighted by Crippen LogP contribution is 2.32.